The first-order valence-corrected chi connectivity index (χ1v) is 7.12. The van der Waals surface area contributed by atoms with Gasteiger partial charge in [0.1, 0.15) is 5.82 Å². The third kappa shape index (κ3) is 2.64. The normalized spacial score (nSPS) is 16.5. The van der Waals surface area contributed by atoms with Crippen LogP contribution in [0.3, 0.4) is 0 Å². The Balaban J connectivity index is 1.65. The van der Waals surface area contributed by atoms with Gasteiger partial charge in [-0.25, -0.2) is 4.39 Å². The first-order valence-electron chi connectivity index (χ1n) is 6.13. The van der Waals surface area contributed by atoms with Crippen molar-refractivity contribution >= 4 is 11.8 Å². The molecular formula is C13H14FN3OS. The molecule has 100 valence electrons. The summed E-state index contributed by atoms with van der Waals surface area (Å²) in [5, 5.41) is 3.95. The van der Waals surface area contributed by atoms with Crippen LogP contribution in [0.5, 0.6) is 0 Å². The van der Waals surface area contributed by atoms with Gasteiger partial charge in [-0.2, -0.15) is 4.98 Å². The van der Waals surface area contributed by atoms with Gasteiger partial charge in [0.15, 0.2) is 5.82 Å². The Hall–Kier alpha value is -1.40. The van der Waals surface area contributed by atoms with Crippen LogP contribution >= 0.6 is 11.8 Å². The number of hydrogen-bond acceptors (Lipinski definition) is 5. The van der Waals surface area contributed by atoms with E-state index in [2.05, 4.69) is 10.1 Å². The Morgan fingerprint density at radius 1 is 1.42 bits per heavy atom. The molecule has 0 aliphatic heterocycles. The van der Waals surface area contributed by atoms with E-state index in [0.717, 1.165) is 17.7 Å². The van der Waals surface area contributed by atoms with Gasteiger partial charge in [0.2, 0.25) is 5.89 Å². The maximum absolute atomic E-state index is 13.0. The molecule has 6 heteroatoms. The smallest absolute Gasteiger partial charge is 0.234 e. The second kappa shape index (κ2) is 4.94. The molecule has 1 aromatic carbocycles. The molecule has 0 bridgehead atoms. The first kappa shape index (κ1) is 12.6. The molecule has 4 nitrogen and oxygen atoms in total. The number of rotatable bonds is 5. The van der Waals surface area contributed by atoms with Gasteiger partial charge in [-0.05, 0) is 31.0 Å². The minimum Gasteiger partial charge on any atom is -0.339 e. The zero-order chi connectivity index (χ0) is 13.3. The number of thioether (sulfide) groups is 1. The summed E-state index contributed by atoms with van der Waals surface area (Å²) >= 11 is 1.48. The van der Waals surface area contributed by atoms with Gasteiger partial charge >= 0.3 is 0 Å². The largest absolute Gasteiger partial charge is 0.339 e. The molecule has 0 radical (unpaired) electrons. The molecule has 2 N–H and O–H groups in total. The molecule has 0 atom stereocenters. The summed E-state index contributed by atoms with van der Waals surface area (Å²) in [5.41, 5.74) is 5.64. The predicted molar refractivity (Wildman–Crippen MR) is 70.2 cm³/mol. The molecule has 1 aliphatic rings. The summed E-state index contributed by atoms with van der Waals surface area (Å²) in [6.45, 7) is 0.547. The second-order valence-electron chi connectivity index (χ2n) is 4.75. The van der Waals surface area contributed by atoms with E-state index >= 15 is 0 Å². The molecule has 2 aromatic rings. The summed E-state index contributed by atoms with van der Waals surface area (Å²) < 4.78 is 18.3. The Kier molecular flexibility index (Phi) is 3.28. The molecule has 1 saturated carbocycles. The van der Waals surface area contributed by atoms with Crippen molar-refractivity contribution in [3.63, 3.8) is 0 Å². The fraction of sp³-hybridized carbons (Fsp3) is 0.385. The van der Waals surface area contributed by atoms with Crippen LogP contribution in [0.1, 0.15) is 24.6 Å². The predicted octanol–water partition coefficient (Wildman–Crippen LogP) is 2.49. The van der Waals surface area contributed by atoms with E-state index in [1.807, 2.05) is 6.07 Å². The van der Waals surface area contributed by atoms with Crippen LogP contribution in [0.4, 0.5) is 4.39 Å². The van der Waals surface area contributed by atoms with Crippen molar-refractivity contribution in [2.24, 2.45) is 5.73 Å². The first-order chi connectivity index (χ1) is 9.22. The maximum Gasteiger partial charge on any atom is 0.234 e. The van der Waals surface area contributed by atoms with Crippen molar-refractivity contribution in [3.8, 4) is 0 Å². The van der Waals surface area contributed by atoms with Crippen molar-refractivity contribution < 1.29 is 8.91 Å². The van der Waals surface area contributed by atoms with Gasteiger partial charge in [0.05, 0.1) is 11.2 Å². The SMILES string of the molecule is NCC1(c2nc(CSc3cccc(F)c3)no2)CC1. The number of nitrogens with two attached hydrogens (primary N) is 1. The van der Waals surface area contributed by atoms with Crippen molar-refractivity contribution in [3.05, 3.63) is 41.8 Å². The minimum absolute atomic E-state index is 0.0746. The maximum atomic E-state index is 13.0. The number of aromatic nitrogens is 2. The molecule has 19 heavy (non-hydrogen) atoms. The molecule has 1 aromatic heterocycles. The third-order valence-electron chi connectivity index (χ3n) is 3.33. The molecule has 3 rings (SSSR count). The lowest BCUT2D eigenvalue weighted by Crippen LogP contribution is -2.20. The molecular weight excluding hydrogens is 265 g/mol. The van der Waals surface area contributed by atoms with Crippen LogP contribution in [0.25, 0.3) is 0 Å². The van der Waals surface area contributed by atoms with Crippen molar-refractivity contribution in [1.82, 2.24) is 10.1 Å². The molecule has 0 unspecified atom stereocenters. The molecule has 1 heterocycles. The van der Waals surface area contributed by atoms with Crippen molar-refractivity contribution in [2.75, 3.05) is 6.54 Å². The van der Waals surface area contributed by atoms with Crippen LogP contribution in [0.2, 0.25) is 0 Å². The van der Waals surface area contributed by atoms with E-state index in [0.29, 0.717) is 24.0 Å². The lowest BCUT2D eigenvalue weighted by Gasteiger charge is -2.03. The monoisotopic (exact) mass is 279 g/mol. The van der Waals surface area contributed by atoms with E-state index in [1.165, 1.54) is 23.9 Å². The standard InChI is InChI=1S/C13H14FN3OS/c14-9-2-1-3-10(6-9)19-7-11-16-12(18-17-11)13(8-15)4-5-13/h1-3,6H,4-5,7-8,15H2. The Morgan fingerprint density at radius 2 is 2.26 bits per heavy atom. The summed E-state index contributed by atoms with van der Waals surface area (Å²) in [6.07, 6.45) is 2.03. The molecule has 0 spiro atoms. The van der Waals surface area contributed by atoms with E-state index in [1.54, 1.807) is 6.07 Å². The molecule has 1 aliphatic carbocycles. The second-order valence-corrected chi connectivity index (χ2v) is 5.80. The number of benzene rings is 1. The fourth-order valence-electron chi connectivity index (χ4n) is 1.89. The Labute approximate surface area is 114 Å². The van der Waals surface area contributed by atoms with E-state index in [9.17, 15) is 4.39 Å². The summed E-state index contributed by atoms with van der Waals surface area (Å²) in [4.78, 5) is 5.23. The average Bonchev–Trinajstić information content (AvgIpc) is 3.08. The number of hydrogen-bond donors (Lipinski definition) is 1. The minimum atomic E-state index is -0.237. The Bertz CT molecular complexity index is 583. The Morgan fingerprint density at radius 3 is 2.95 bits per heavy atom. The topological polar surface area (TPSA) is 64.9 Å². The van der Waals surface area contributed by atoms with Crippen molar-refractivity contribution in [2.45, 2.75) is 28.9 Å². The number of nitrogens with zero attached hydrogens (tertiary/aromatic N) is 2. The van der Waals surface area contributed by atoms with Gasteiger partial charge in [0, 0.05) is 11.4 Å². The lowest BCUT2D eigenvalue weighted by molar-refractivity contribution is 0.344. The van der Waals surface area contributed by atoms with Crippen molar-refractivity contribution in [1.29, 1.82) is 0 Å². The summed E-state index contributed by atoms with van der Waals surface area (Å²) in [6, 6.07) is 6.46. The fourth-order valence-corrected chi connectivity index (χ4v) is 2.67. The van der Waals surface area contributed by atoms with Crippen LogP contribution < -0.4 is 5.73 Å². The zero-order valence-electron chi connectivity index (χ0n) is 10.3. The highest BCUT2D eigenvalue weighted by Gasteiger charge is 2.48. The summed E-state index contributed by atoms with van der Waals surface area (Å²) in [7, 11) is 0. The van der Waals surface area contributed by atoms with E-state index in [-0.39, 0.29) is 11.2 Å². The third-order valence-corrected chi connectivity index (χ3v) is 4.32. The van der Waals surface area contributed by atoms with E-state index < -0.39 is 0 Å². The highest BCUT2D eigenvalue weighted by Crippen LogP contribution is 2.46. The average molecular weight is 279 g/mol. The molecule has 0 amide bonds. The van der Waals surface area contributed by atoms with E-state index in [4.69, 9.17) is 10.3 Å². The van der Waals surface area contributed by atoms with Crippen LogP contribution in [-0.2, 0) is 11.2 Å². The molecule has 1 fully saturated rings. The number of halogens is 1. The quantitative estimate of drug-likeness (QED) is 0.852. The van der Waals surface area contributed by atoms with Gasteiger partial charge in [0.25, 0.3) is 0 Å². The van der Waals surface area contributed by atoms with Crippen LogP contribution in [0, 0.1) is 5.82 Å². The van der Waals surface area contributed by atoms with Crippen LogP contribution in [0.15, 0.2) is 33.7 Å². The molecule has 0 saturated heterocycles. The zero-order valence-corrected chi connectivity index (χ0v) is 11.1. The summed E-state index contributed by atoms with van der Waals surface area (Å²) in [5.74, 6) is 1.60. The van der Waals surface area contributed by atoms with Gasteiger partial charge in [-0.15, -0.1) is 11.8 Å². The van der Waals surface area contributed by atoms with Gasteiger partial charge in [-0.1, -0.05) is 11.2 Å². The highest BCUT2D eigenvalue weighted by atomic mass is 32.2. The lowest BCUT2D eigenvalue weighted by atomic mass is 10.1. The van der Waals surface area contributed by atoms with Gasteiger partial charge in [-0.3, -0.25) is 0 Å². The van der Waals surface area contributed by atoms with Crippen LogP contribution in [-0.4, -0.2) is 16.7 Å². The highest BCUT2D eigenvalue weighted by molar-refractivity contribution is 7.98. The van der Waals surface area contributed by atoms with Gasteiger partial charge < -0.3 is 10.3 Å².